The Morgan fingerprint density at radius 3 is 2.33 bits per heavy atom. The minimum absolute atomic E-state index is 0.114. The molecule has 1 fully saturated rings. The Morgan fingerprint density at radius 2 is 1.76 bits per heavy atom. The first kappa shape index (κ1) is 37.3. The van der Waals surface area contributed by atoms with Crippen LogP contribution in [0.25, 0.3) is 0 Å². The Balaban J connectivity index is 2.19. The van der Waals surface area contributed by atoms with Crippen molar-refractivity contribution >= 4 is 35.6 Å². The van der Waals surface area contributed by atoms with E-state index >= 15 is 0 Å². The summed E-state index contributed by atoms with van der Waals surface area (Å²) in [5, 5.41) is 10.9. The third-order valence-electron chi connectivity index (χ3n) is 7.82. The second-order valence-corrected chi connectivity index (χ2v) is 13.7. The fourth-order valence-corrected chi connectivity index (χ4v) is 4.99. The number of rotatable bonds is 14. The molecule has 4 atom stereocenters. The largest absolute Gasteiger partial charge is 0.449 e. The van der Waals surface area contributed by atoms with Crippen molar-refractivity contribution < 1.29 is 33.5 Å². The second kappa shape index (κ2) is 16.4. The number of urea groups is 1. The second-order valence-electron chi connectivity index (χ2n) is 13.7. The normalized spacial score (nSPS) is 18.7. The van der Waals surface area contributed by atoms with Crippen molar-refractivity contribution in [1.82, 2.24) is 31.1 Å². The van der Waals surface area contributed by atoms with Gasteiger partial charge in [-0.1, -0.05) is 79.5 Å². The molecule has 13 nitrogen and oxygen atoms in total. The quantitative estimate of drug-likeness (QED) is 0.168. The van der Waals surface area contributed by atoms with Gasteiger partial charge in [0.25, 0.3) is 5.91 Å². The Hall–Kier alpha value is -3.90. The molecule has 2 rings (SSSR count). The summed E-state index contributed by atoms with van der Waals surface area (Å²) in [6, 6.07) is -4.14. The first-order valence-electron chi connectivity index (χ1n) is 15.7. The van der Waals surface area contributed by atoms with Crippen LogP contribution in [0.2, 0.25) is 0 Å². The third-order valence-corrected chi connectivity index (χ3v) is 7.82. The number of hydrogen-bond donors (Lipinski definition) is 4. The number of hydrogen-bond acceptors (Lipinski definition) is 7. The zero-order valence-electron chi connectivity index (χ0n) is 27.9. The average molecular weight is 633 g/mol. The first-order valence-corrected chi connectivity index (χ1v) is 15.7. The number of Topliss-reactive ketones (excluding diaryl/α,β-unsaturated/α-hetero) is 1. The maximum absolute atomic E-state index is 14.0. The van der Waals surface area contributed by atoms with Crippen molar-refractivity contribution in [2.75, 3.05) is 32.8 Å². The molecular formula is C32H52N6O7. The van der Waals surface area contributed by atoms with E-state index in [2.05, 4.69) is 27.8 Å². The summed E-state index contributed by atoms with van der Waals surface area (Å²) in [5.74, 6) is -2.66. The smallest absolute Gasteiger partial charge is 0.409 e. The molecule has 0 bridgehead atoms. The summed E-state index contributed by atoms with van der Waals surface area (Å²) in [6.45, 7) is 18.1. The van der Waals surface area contributed by atoms with E-state index in [4.69, 9.17) is 4.74 Å². The lowest BCUT2D eigenvalue weighted by molar-refractivity contribution is -0.143. The van der Waals surface area contributed by atoms with Gasteiger partial charge in [0, 0.05) is 26.2 Å². The predicted molar refractivity (Wildman–Crippen MR) is 170 cm³/mol. The third kappa shape index (κ3) is 10.9. The molecule has 2 heterocycles. The van der Waals surface area contributed by atoms with Gasteiger partial charge in [0.2, 0.25) is 17.6 Å². The standard InChI is InChI=1S/C32H52N6O7/c1-9-11-14-21(24(39)27(41)33-16-10-2)34-26(40)22-15-12-18-38(22)28(42)25(32(6,7)8)36-29(43)35-23(31(3,4)5)20-37-17-13-19-45-30(37)44/h10,12,15,21-23,25H,2,9,11,13-14,16-20H2,1,3-8H3,(H,33,41)(H,34,40)(H2,35,36,43)/t21?,22-,23+,25+/m0/s1. The Labute approximate surface area is 266 Å². The Bertz CT molecular complexity index is 1140. The maximum Gasteiger partial charge on any atom is 0.409 e. The molecule has 1 saturated heterocycles. The van der Waals surface area contributed by atoms with Crippen molar-refractivity contribution in [1.29, 1.82) is 0 Å². The summed E-state index contributed by atoms with van der Waals surface area (Å²) in [4.78, 5) is 81.1. The van der Waals surface area contributed by atoms with Gasteiger partial charge in [-0.3, -0.25) is 19.2 Å². The molecule has 252 valence electrons. The predicted octanol–water partition coefficient (Wildman–Crippen LogP) is 2.27. The molecule has 0 aromatic rings. The van der Waals surface area contributed by atoms with Gasteiger partial charge in [-0.2, -0.15) is 0 Å². The van der Waals surface area contributed by atoms with E-state index in [1.54, 1.807) is 37.8 Å². The summed E-state index contributed by atoms with van der Waals surface area (Å²) in [5.41, 5.74) is -1.17. The van der Waals surface area contributed by atoms with Gasteiger partial charge < -0.3 is 35.8 Å². The van der Waals surface area contributed by atoms with Crippen LogP contribution in [-0.4, -0.2) is 102 Å². The van der Waals surface area contributed by atoms with Gasteiger partial charge in [-0.05, 0) is 23.7 Å². The minimum Gasteiger partial charge on any atom is -0.449 e. The van der Waals surface area contributed by atoms with Crippen LogP contribution in [0, 0.1) is 10.8 Å². The highest BCUT2D eigenvalue weighted by molar-refractivity contribution is 6.38. The minimum atomic E-state index is -1.05. The van der Waals surface area contributed by atoms with Crippen molar-refractivity contribution in [3.05, 3.63) is 24.8 Å². The molecule has 6 amide bonds. The Morgan fingerprint density at radius 1 is 1.07 bits per heavy atom. The molecule has 0 spiro atoms. The molecule has 13 heteroatoms. The molecule has 0 aromatic heterocycles. The SMILES string of the molecule is C=CCNC(=O)C(=O)C(CCCC)NC(=O)[C@@H]1C=CCN1C(=O)[C@@H](NC(=O)N[C@H](CN1CCCOC1=O)C(C)(C)C)C(C)(C)C. The van der Waals surface area contributed by atoms with Crippen LogP contribution in [0.3, 0.4) is 0 Å². The summed E-state index contributed by atoms with van der Waals surface area (Å²) < 4.78 is 5.15. The van der Waals surface area contributed by atoms with Crippen molar-refractivity contribution in [2.24, 2.45) is 10.8 Å². The lowest BCUT2D eigenvalue weighted by atomic mass is 9.85. The zero-order chi connectivity index (χ0) is 33.9. The van der Waals surface area contributed by atoms with Gasteiger partial charge in [0.1, 0.15) is 12.1 Å². The lowest BCUT2D eigenvalue weighted by Crippen LogP contribution is -2.62. The van der Waals surface area contributed by atoms with E-state index in [1.165, 1.54) is 11.0 Å². The van der Waals surface area contributed by atoms with Crippen LogP contribution in [0.15, 0.2) is 24.8 Å². The molecule has 1 unspecified atom stereocenters. The van der Waals surface area contributed by atoms with Crippen LogP contribution in [0.4, 0.5) is 9.59 Å². The molecule has 2 aliphatic rings. The van der Waals surface area contributed by atoms with E-state index in [-0.39, 0.29) is 26.1 Å². The van der Waals surface area contributed by atoms with Gasteiger partial charge in [0.05, 0.1) is 18.7 Å². The van der Waals surface area contributed by atoms with Crippen molar-refractivity contribution in [3.8, 4) is 0 Å². The van der Waals surface area contributed by atoms with Crippen LogP contribution >= 0.6 is 0 Å². The number of cyclic esters (lactones) is 1. The van der Waals surface area contributed by atoms with E-state index in [0.29, 0.717) is 26.0 Å². The lowest BCUT2D eigenvalue weighted by Gasteiger charge is -2.38. The van der Waals surface area contributed by atoms with Crippen molar-refractivity contribution in [2.45, 2.75) is 98.3 Å². The Kier molecular flexibility index (Phi) is 13.6. The highest BCUT2D eigenvalue weighted by Gasteiger charge is 2.42. The summed E-state index contributed by atoms with van der Waals surface area (Å²) >= 11 is 0. The van der Waals surface area contributed by atoms with Crippen LogP contribution in [0.5, 0.6) is 0 Å². The highest BCUT2D eigenvalue weighted by Crippen LogP contribution is 2.25. The molecule has 2 aliphatic heterocycles. The van der Waals surface area contributed by atoms with Crippen molar-refractivity contribution in [3.63, 3.8) is 0 Å². The zero-order valence-corrected chi connectivity index (χ0v) is 27.9. The number of carbonyl (C=O) groups is 6. The maximum atomic E-state index is 14.0. The average Bonchev–Trinajstić information content (AvgIpc) is 3.46. The van der Waals surface area contributed by atoms with E-state index in [1.807, 2.05) is 27.7 Å². The molecule has 0 radical (unpaired) electrons. The number of unbranched alkanes of at least 4 members (excludes halogenated alkanes) is 1. The number of amides is 6. The van der Waals surface area contributed by atoms with Gasteiger partial charge >= 0.3 is 12.1 Å². The first-order chi connectivity index (χ1) is 21.0. The van der Waals surface area contributed by atoms with E-state index in [9.17, 15) is 28.8 Å². The summed E-state index contributed by atoms with van der Waals surface area (Å²) in [7, 11) is 0. The van der Waals surface area contributed by atoms with Crippen LogP contribution in [0.1, 0.15) is 74.1 Å². The molecular weight excluding hydrogens is 580 g/mol. The monoisotopic (exact) mass is 632 g/mol. The van der Waals surface area contributed by atoms with E-state index in [0.717, 1.165) is 6.42 Å². The number of ketones is 1. The van der Waals surface area contributed by atoms with Gasteiger partial charge in [-0.25, -0.2) is 9.59 Å². The van der Waals surface area contributed by atoms with Crippen LogP contribution < -0.4 is 21.3 Å². The van der Waals surface area contributed by atoms with E-state index < -0.39 is 70.6 Å². The number of nitrogens with zero attached hydrogens (tertiary/aromatic N) is 2. The van der Waals surface area contributed by atoms with Gasteiger partial charge in [-0.15, -0.1) is 6.58 Å². The fourth-order valence-electron chi connectivity index (χ4n) is 4.99. The fraction of sp³-hybridized carbons (Fsp3) is 0.688. The number of nitrogens with one attached hydrogen (secondary N) is 4. The molecule has 0 aliphatic carbocycles. The molecule has 4 N–H and O–H groups in total. The molecule has 45 heavy (non-hydrogen) atoms. The number of carbonyl (C=O) groups excluding carboxylic acids is 6. The highest BCUT2D eigenvalue weighted by atomic mass is 16.6. The topological polar surface area (TPSA) is 166 Å². The molecule has 0 saturated carbocycles. The number of ether oxygens (including phenoxy) is 1. The molecule has 0 aromatic carbocycles. The van der Waals surface area contributed by atoms with Crippen LogP contribution in [-0.2, 0) is 23.9 Å². The van der Waals surface area contributed by atoms with Gasteiger partial charge in [0.15, 0.2) is 0 Å². The summed E-state index contributed by atoms with van der Waals surface area (Å²) in [6.07, 6.45) is 6.59.